The quantitative estimate of drug-likeness (QED) is 0.160. The number of pyridine rings is 2. The third-order valence-electron chi connectivity index (χ3n) is 8.33. The van der Waals surface area contributed by atoms with Gasteiger partial charge in [-0.2, -0.15) is 5.10 Å². The summed E-state index contributed by atoms with van der Waals surface area (Å²) in [5, 5.41) is 13.1. The lowest BCUT2D eigenvalue weighted by Gasteiger charge is -2.23. The van der Waals surface area contributed by atoms with Gasteiger partial charge in [-0.15, -0.1) is 0 Å². The summed E-state index contributed by atoms with van der Waals surface area (Å²) in [5.41, 5.74) is 7.67. The van der Waals surface area contributed by atoms with Crippen LogP contribution in [0.1, 0.15) is 32.1 Å². The number of hydrogen-bond acceptors (Lipinski definition) is 6. The molecule has 0 saturated heterocycles. The van der Waals surface area contributed by atoms with Crippen LogP contribution in [0.3, 0.4) is 0 Å². The van der Waals surface area contributed by atoms with E-state index < -0.39 is 0 Å². The number of nitrogens with zero attached hydrogens (tertiary/aromatic N) is 4. The van der Waals surface area contributed by atoms with Gasteiger partial charge >= 0.3 is 0 Å². The minimum absolute atomic E-state index is 0.267. The Kier molecular flexibility index (Phi) is 7.70. The lowest BCUT2D eigenvalue weighted by atomic mass is 9.98. The Balaban J connectivity index is 1.21. The van der Waals surface area contributed by atoms with Gasteiger partial charge in [0.1, 0.15) is 17.3 Å². The largest absolute Gasteiger partial charge is 0.489 e. The molecule has 4 heterocycles. The van der Waals surface area contributed by atoms with E-state index in [0.29, 0.717) is 17.8 Å². The summed E-state index contributed by atoms with van der Waals surface area (Å²) in [6.45, 7) is 1.56. The Morgan fingerprint density at radius 1 is 0.886 bits per heavy atom. The van der Waals surface area contributed by atoms with Gasteiger partial charge in [0.25, 0.3) is 0 Å². The first-order valence-electron chi connectivity index (χ1n) is 15.3. The smallest absolute Gasteiger partial charge is 0.138 e. The highest BCUT2D eigenvalue weighted by Crippen LogP contribution is 2.36. The number of H-pyrrole nitrogens is 2. The van der Waals surface area contributed by atoms with Gasteiger partial charge in [0.2, 0.25) is 0 Å². The van der Waals surface area contributed by atoms with Crippen LogP contribution in [0.5, 0.6) is 5.75 Å². The lowest BCUT2D eigenvalue weighted by Crippen LogP contribution is -2.20. The molecule has 6 aromatic rings. The van der Waals surface area contributed by atoms with E-state index in [1.54, 1.807) is 12.4 Å². The summed E-state index contributed by atoms with van der Waals surface area (Å²) >= 11 is 0. The van der Waals surface area contributed by atoms with Crippen molar-refractivity contribution in [2.75, 3.05) is 32.5 Å². The van der Waals surface area contributed by atoms with Crippen LogP contribution in [0.2, 0.25) is 0 Å². The number of aromatic amines is 2. The lowest BCUT2D eigenvalue weighted by molar-refractivity contribution is 0.154. The number of ether oxygens (including phenoxy) is 1. The standard InChI is InChI=1S/C35H36FN7O/c1-43(2)13-12-38-26-15-23(14-25(36)18-26)34-30-19-33(40-31(30)10-11-39-34)35-29-17-22(8-9-32(29)41-42-35)24-16-28(21-37-20-24)44-27-6-4-3-5-7-27/h8-11,14-21,27,38,40H,3-7,12-13H2,1-2H3,(H,41,42). The molecular formula is C35H36FN7O. The van der Waals surface area contributed by atoms with Crippen LogP contribution in [0, 0.1) is 5.82 Å². The van der Waals surface area contributed by atoms with Crippen molar-refractivity contribution in [3.8, 4) is 39.5 Å². The number of fused-ring (bicyclic) bond motifs is 2. The molecule has 0 atom stereocenters. The fourth-order valence-electron chi connectivity index (χ4n) is 6.08. The van der Waals surface area contributed by atoms with Crippen LogP contribution in [0.15, 0.2) is 73.2 Å². The third-order valence-corrected chi connectivity index (χ3v) is 8.33. The predicted octanol–water partition coefficient (Wildman–Crippen LogP) is 7.66. The van der Waals surface area contributed by atoms with E-state index in [2.05, 4.69) is 53.6 Å². The molecule has 0 unspecified atom stereocenters. The number of benzene rings is 2. The predicted molar refractivity (Wildman–Crippen MR) is 174 cm³/mol. The van der Waals surface area contributed by atoms with Crippen LogP contribution in [0.4, 0.5) is 10.1 Å². The fraction of sp³-hybridized carbons (Fsp3) is 0.286. The average Bonchev–Trinajstić information content (AvgIpc) is 3.65. The zero-order valence-corrected chi connectivity index (χ0v) is 25.0. The fourth-order valence-corrected chi connectivity index (χ4v) is 6.08. The maximum Gasteiger partial charge on any atom is 0.138 e. The number of rotatable bonds is 9. The Hall–Kier alpha value is -4.76. The average molecular weight is 590 g/mol. The molecule has 8 nitrogen and oxygen atoms in total. The highest BCUT2D eigenvalue weighted by atomic mass is 19.1. The molecule has 9 heteroatoms. The molecule has 224 valence electrons. The van der Waals surface area contributed by atoms with Crippen molar-refractivity contribution in [1.29, 1.82) is 0 Å². The molecule has 3 N–H and O–H groups in total. The van der Waals surface area contributed by atoms with Crippen molar-refractivity contribution >= 4 is 27.5 Å². The highest BCUT2D eigenvalue weighted by Gasteiger charge is 2.18. The molecule has 4 aromatic heterocycles. The Labute approximate surface area is 255 Å². The van der Waals surface area contributed by atoms with Gasteiger partial charge < -0.3 is 19.9 Å². The van der Waals surface area contributed by atoms with Gasteiger partial charge in [-0.3, -0.25) is 15.1 Å². The van der Waals surface area contributed by atoms with Crippen molar-refractivity contribution in [2.45, 2.75) is 38.2 Å². The summed E-state index contributed by atoms with van der Waals surface area (Å²) in [7, 11) is 4.02. The minimum Gasteiger partial charge on any atom is -0.489 e. The summed E-state index contributed by atoms with van der Waals surface area (Å²) in [6, 6.07) is 17.3. The molecule has 1 fully saturated rings. The molecule has 1 aliphatic carbocycles. The zero-order valence-electron chi connectivity index (χ0n) is 25.0. The van der Waals surface area contributed by atoms with E-state index >= 15 is 0 Å². The third kappa shape index (κ3) is 5.88. The van der Waals surface area contributed by atoms with Crippen molar-refractivity contribution in [3.05, 3.63) is 79.0 Å². The van der Waals surface area contributed by atoms with Crippen LogP contribution >= 0.6 is 0 Å². The van der Waals surface area contributed by atoms with Crippen molar-refractivity contribution in [3.63, 3.8) is 0 Å². The summed E-state index contributed by atoms with van der Waals surface area (Å²) in [6.07, 6.45) is 11.6. The van der Waals surface area contributed by atoms with Gasteiger partial charge in [0.15, 0.2) is 0 Å². The van der Waals surface area contributed by atoms with Gasteiger partial charge in [0.05, 0.1) is 29.2 Å². The van der Waals surface area contributed by atoms with Crippen LogP contribution < -0.4 is 10.1 Å². The summed E-state index contributed by atoms with van der Waals surface area (Å²) in [5.74, 6) is 0.504. The number of aromatic nitrogens is 5. The van der Waals surface area contributed by atoms with E-state index in [1.807, 2.05) is 44.6 Å². The molecule has 0 radical (unpaired) electrons. The summed E-state index contributed by atoms with van der Waals surface area (Å²) < 4.78 is 21.0. The van der Waals surface area contributed by atoms with Crippen LogP contribution in [0.25, 0.3) is 55.6 Å². The zero-order chi connectivity index (χ0) is 30.0. The Bertz CT molecular complexity index is 1920. The maximum absolute atomic E-state index is 14.7. The monoisotopic (exact) mass is 589 g/mol. The van der Waals surface area contributed by atoms with Gasteiger partial charge in [-0.05, 0) is 93.9 Å². The second-order valence-electron chi connectivity index (χ2n) is 11.9. The Morgan fingerprint density at radius 2 is 1.75 bits per heavy atom. The van der Waals surface area contributed by atoms with Crippen molar-refractivity contribution in [2.24, 2.45) is 0 Å². The van der Waals surface area contributed by atoms with E-state index in [1.165, 1.54) is 31.4 Å². The van der Waals surface area contributed by atoms with E-state index in [4.69, 9.17) is 4.74 Å². The van der Waals surface area contributed by atoms with Crippen LogP contribution in [-0.4, -0.2) is 63.3 Å². The normalized spacial score (nSPS) is 14.1. The van der Waals surface area contributed by atoms with Gasteiger partial charge in [0, 0.05) is 58.6 Å². The maximum atomic E-state index is 14.7. The first-order chi connectivity index (χ1) is 21.5. The molecule has 7 rings (SSSR count). The molecular weight excluding hydrogens is 553 g/mol. The highest BCUT2D eigenvalue weighted by molar-refractivity contribution is 6.01. The second kappa shape index (κ2) is 12.1. The van der Waals surface area contributed by atoms with E-state index in [-0.39, 0.29) is 11.9 Å². The SMILES string of the molecule is CN(C)CCNc1cc(F)cc(-c2nccc3[nH]c(-c4n[nH]c5ccc(-c6cncc(OC7CCCCC7)c6)cc45)cc23)c1. The Morgan fingerprint density at radius 3 is 2.61 bits per heavy atom. The molecule has 1 aliphatic rings. The molecule has 1 saturated carbocycles. The molecule has 0 aliphatic heterocycles. The van der Waals surface area contributed by atoms with Gasteiger partial charge in [-0.25, -0.2) is 4.39 Å². The number of halogens is 1. The molecule has 2 aromatic carbocycles. The molecule has 0 bridgehead atoms. The molecule has 0 amide bonds. The van der Waals surface area contributed by atoms with E-state index in [9.17, 15) is 4.39 Å². The van der Waals surface area contributed by atoms with Gasteiger partial charge in [-0.1, -0.05) is 12.5 Å². The van der Waals surface area contributed by atoms with E-state index in [0.717, 1.165) is 75.1 Å². The first-order valence-corrected chi connectivity index (χ1v) is 15.3. The number of hydrogen-bond donors (Lipinski definition) is 3. The molecule has 44 heavy (non-hydrogen) atoms. The summed E-state index contributed by atoms with van der Waals surface area (Å²) in [4.78, 5) is 14.7. The second-order valence-corrected chi connectivity index (χ2v) is 11.9. The topological polar surface area (TPSA) is 94.8 Å². The van der Waals surface area contributed by atoms with Crippen LogP contribution in [-0.2, 0) is 0 Å². The molecule has 0 spiro atoms. The number of likely N-dealkylation sites (N-methyl/N-ethyl adjacent to an activating group) is 1. The van der Waals surface area contributed by atoms with Crippen molar-refractivity contribution < 1.29 is 9.13 Å². The van der Waals surface area contributed by atoms with Crippen molar-refractivity contribution in [1.82, 2.24) is 30.0 Å². The minimum atomic E-state index is -0.307. The number of anilines is 1. The number of nitrogens with one attached hydrogen (secondary N) is 3. The first kappa shape index (κ1) is 28.0.